The Hall–Kier alpha value is -2.04. The van der Waals surface area contributed by atoms with Gasteiger partial charge in [0.2, 0.25) is 10.0 Å². The second-order valence-corrected chi connectivity index (χ2v) is 4.96. The molecule has 1 aromatic carbocycles. The van der Waals surface area contributed by atoms with Gasteiger partial charge in [0.05, 0.1) is 18.6 Å². The fourth-order valence-corrected chi connectivity index (χ4v) is 2.20. The second-order valence-electron chi connectivity index (χ2n) is 3.20. The third-order valence-corrected chi connectivity index (χ3v) is 3.47. The zero-order valence-electron chi connectivity index (χ0n) is 9.50. The van der Waals surface area contributed by atoms with Crippen molar-refractivity contribution in [1.29, 1.82) is 0 Å². The minimum Gasteiger partial charge on any atom is -0.496 e. The van der Waals surface area contributed by atoms with Crippen molar-refractivity contribution in [1.82, 2.24) is 4.72 Å². The second kappa shape index (κ2) is 5.53. The van der Waals surface area contributed by atoms with Gasteiger partial charge in [-0.1, -0.05) is 5.92 Å². The number of hydrogen-bond acceptors (Lipinski definition) is 4. The largest absolute Gasteiger partial charge is 0.496 e. The zero-order valence-corrected chi connectivity index (χ0v) is 10.3. The van der Waals surface area contributed by atoms with Crippen LogP contribution in [0.3, 0.4) is 0 Å². The van der Waals surface area contributed by atoms with Gasteiger partial charge in [0.15, 0.2) is 0 Å². The topological polar surface area (TPSA) is 92.7 Å². The summed E-state index contributed by atoms with van der Waals surface area (Å²) >= 11 is 0. The number of carbonyl (C=O) groups is 1. The summed E-state index contributed by atoms with van der Waals surface area (Å²) in [4.78, 5) is 10.8. The highest BCUT2D eigenvalue weighted by Crippen LogP contribution is 2.22. The van der Waals surface area contributed by atoms with Crippen LogP contribution in [0, 0.1) is 12.3 Å². The molecular formula is C11H11NO5S. The molecule has 6 nitrogen and oxygen atoms in total. The predicted octanol–water partition coefficient (Wildman–Crippen LogP) is 0.305. The number of nitrogens with one attached hydrogen (secondary N) is 1. The maximum atomic E-state index is 11.7. The van der Waals surface area contributed by atoms with Crippen LogP contribution in [-0.4, -0.2) is 33.1 Å². The Kier molecular flexibility index (Phi) is 4.31. The number of carboxylic acids is 1. The number of terminal acetylenes is 1. The number of sulfonamides is 1. The van der Waals surface area contributed by atoms with Crippen molar-refractivity contribution in [2.24, 2.45) is 0 Å². The van der Waals surface area contributed by atoms with Crippen molar-refractivity contribution < 1.29 is 23.1 Å². The number of hydrogen-bond donors (Lipinski definition) is 2. The summed E-state index contributed by atoms with van der Waals surface area (Å²) in [5.74, 6) is 0.927. The minimum absolute atomic E-state index is 0.0819. The molecule has 18 heavy (non-hydrogen) atoms. The predicted molar refractivity (Wildman–Crippen MR) is 64.0 cm³/mol. The molecule has 0 atom stereocenters. The molecule has 0 aliphatic carbocycles. The Morgan fingerprint density at radius 3 is 2.72 bits per heavy atom. The molecule has 0 fully saturated rings. The highest BCUT2D eigenvalue weighted by atomic mass is 32.2. The average molecular weight is 269 g/mol. The Bertz CT molecular complexity index is 600. The molecule has 7 heteroatoms. The summed E-state index contributed by atoms with van der Waals surface area (Å²) in [6.45, 7) is -0.170. The van der Waals surface area contributed by atoms with Crippen molar-refractivity contribution >= 4 is 16.0 Å². The van der Waals surface area contributed by atoms with E-state index in [1.165, 1.54) is 19.2 Å². The van der Waals surface area contributed by atoms with Crippen LogP contribution in [0.25, 0.3) is 0 Å². The Balaban J connectivity index is 3.25. The van der Waals surface area contributed by atoms with Gasteiger partial charge in [0, 0.05) is 0 Å². The Labute approximate surface area is 105 Å². The fraction of sp³-hybridized carbons (Fsp3) is 0.182. The van der Waals surface area contributed by atoms with Gasteiger partial charge < -0.3 is 9.84 Å². The van der Waals surface area contributed by atoms with Crippen LogP contribution in [0.15, 0.2) is 23.1 Å². The van der Waals surface area contributed by atoms with Crippen LogP contribution in [0.4, 0.5) is 0 Å². The molecule has 0 bridgehead atoms. The first-order valence-corrected chi connectivity index (χ1v) is 6.25. The number of aromatic carboxylic acids is 1. The summed E-state index contributed by atoms with van der Waals surface area (Å²) in [5, 5.41) is 8.94. The molecule has 0 heterocycles. The van der Waals surface area contributed by atoms with E-state index >= 15 is 0 Å². The summed E-state index contributed by atoms with van der Waals surface area (Å²) in [6, 6.07) is 3.53. The van der Waals surface area contributed by atoms with E-state index in [-0.39, 0.29) is 22.8 Å². The number of rotatable bonds is 5. The van der Waals surface area contributed by atoms with Gasteiger partial charge in [-0.3, -0.25) is 0 Å². The molecule has 96 valence electrons. The lowest BCUT2D eigenvalue weighted by molar-refractivity contribution is 0.0693. The molecule has 0 unspecified atom stereocenters. The Morgan fingerprint density at radius 2 is 2.22 bits per heavy atom. The number of carboxylic acid groups (broad SMARTS) is 1. The standard InChI is InChI=1S/C11H11NO5S/c1-3-6-12-18(15,16)8-4-5-10(17-2)9(7-8)11(13)14/h1,4-5,7,12H,6H2,2H3,(H,13,14). The summed E-state index contributed by atoms with van der Waals surface area (Å²) in [5.41, 5.74) is -0.235. The molecule has 1 aromatic rings. The molecule has 0 aliphatic rings. The summed E-state index contributed by atoms with van der Waals surface area (Å²) in [6.07, 6.45) is 4.95. The van der Waals surface area contributed by atoms with Gasteiger partial charge in [-0.15, -0.1) is 6.42 Å². The summed E-state index contributed by atoms with van der Waals surface area (Å²) in [7, 11) is -2.52. The van der Waals surface area contributed by atoms with E-state index < -0.39 is 16.0 Å². The molecule has 0 saturated heterocycles. The van der Waals surface area contributed by atoms with Crippen LogP contribution in [-0.2, 0) is 10.0 Å². The van der Waals surface area contributed by atoms with E-state index in [9.17, 15) is 13.2 Å². The quantitative estimate of drug-likeness (QED) is 0.750. The number of methoxy groups -OCH3 is 1. The molecule has 0 aromatic heterocycles. The van der Waals surface area contributed by atoms with E-state index in [0.717, 1.165) is 6.07 Å². The van der Waals surface area contributed by atoms with Crippen molar-refractivity contribution in [3.8, 4) is 18.1 Å². The van der Waals surface area contributed by atoms with Gasteiger partial charge >= 0.3 is 5.97 Å². The van der Waals surface area contributed by atoms with E-state index in [0.29, 0.717) is 0 Å². The highest BCUT2D eigenvalue weighted by molar-refractivity contribution is 7.89. The first-order chi connectivity index (χ1) is 8.42. The van der Waals surface area contributed by atoms with Crippen LogP contribution in [0.2, 0.25) is 0 Å². The normalized spacial score (nSPS) is 10.7. The molecule has 0 radical (unpaired) electrons. The SMILES string of the molecule is C#CCNS(=O)(=O)c1ccc(OC)c(C(=O)O)c1. The third-order valence-electron chi connectivity index (χ3n) is 2.08. The van der Waals surface area contributed by atoms with Crippen molar-refractivity contribution in [2.75, 3.05) is 13.7 Å². The molecule has 1 rings (SSSR count). The van der Waals surface area contributed by atoms with Gasteiger partial charge in [0.25, 0.3) is 0 Å². The maximum absolute atomic E-state index is 11.7. The van der Waals surface area contributed by atoms with Crippen LogP contribution in [0.1, 0.15) is 10.4 Å². The monoisotopic (exact) mass is 269 g/mol. The molecule has 0 spiro atoms. The lowest BCUT2D eigenvalue weighted by Gasteiger charge is -2.08. The summed E-state index contributed by atoms with van der Waals surface area (Å²) < 4.78 is 30.4. The molecule has 0 amide bonds. The lowest BCUT2D eigenvalue weighted by atomic mass is 10.2. The smallest absolute Gasteiger partial charge is 0.339 e. The number of benzene rings is 1. The van der Waals surface area contributed by atoms with Gasteiger partial charge in [-0.05, 0) is 18.2 Å². The minimum atomic E-state index is -3.81. The fourth-order valence-electron chi connectivity index (χ4n) is 1.24. The molecular weight excluding hydrogens is 258 g/mol. The zero-order chi connectivity index (χ0) is 13.8. The Morgan fingerprint density at radius 1 is 1.56 bits per heavy atom. The maximum Gasteiger partial charge on any atom is 0.339 e. The van der Waals surface area contributed by atoms with Crippen molar-refractivity contribution in [2.45, 2.75) is 4.90 Å². The van der Waals surface area contributed by atoms with Crippen LogP contribution < -0.4 is 9.46 Å². The first kappa shape index (κ1) is 14.0. The molecule has 0 saturated carbocycles. The van der Waals surface area contributed by atoms with Crippen LogP contribution in [0.5, 0.6) is 5.75 Å². The molecule has 0 aliphatic heterocycles. The lowest BCUT2D eigenvalue weighted by Crippen LogP contribution is -2.24. The third kappa shape index (κ3) is 3.00. The van der Waals surface area contributed by atoms with E-state index in [4.69, 9.17) is 16.3 Å². The van der Waals surface area contributed by atoms with Gasteiger partial charge in [0.1, 0.15) is 11.3 Å². The number of ether oxygens (including phenoxy) is 1. The van der Waals surface area contributed by atoms with Gasteiger partial charge in [-0.2, -0.15) is 4.72 Å². The van der Waals surface area contributed by atoms with Crippen molar-refractivity contribution in [3.63, 3.8) is 0 Å². The first-order valence-electron chi connectivity index (χ1n) is 4.77. The van der Waals surface area contributed by atoms with Crippen LogP contribution >= 0.6 is 0 Å². The van der Waals surface area contributed by atoms with E-state index in [2.05, 4.69) is 10.6 Å². The van der Waals surface area contributed by atoms with E-state index in [1.807, 2.05) is 0 Å². The van der Waals surface area contributed by atoms with Crippen molar-refractivity contribution in [3.05, 3.63) is 23.8 Å². The van der Waals surface area contributed by atoms with Gasteiger partial charge in [-0.25, -0.2) is 13.2 Å². The van der Waals surface area contributed by atoms with E-state index in [1.54, 1.807) is 0 Å². The molecule has 2 N–H and O–H groups in total. The average Bonchev–Trinajstić information content (AvgIpc) is 2.35. The highest BCUT2D eigenvalue weighted by Gasteiger charge is 2.18.